The molecule has 0 spiro atoms. The molecule has 6 nitrogen and oxygen atoms in total. The molecule has 124 valence electrons. The molecule has 0 aromatic carbocycles. The number of fused-ring (bicyclic) bond motifs is 1. The molecule has 1 amide bonds. The standard InChI is InChI=1S/C16H22ClN5O/c1-9(2)22-16-12(6-13(17)19-15(16)10(3)20-22)18-7-11-5-14(23)21(4)8-11/h6,9,11H,5,7-8H2,1-4H3,(H,18,19). The van der Waals surface area contributed by atoms with Crippen LogP contribution in [-0.2, 0) is 4.79 Å². The van der Waals surface area contributed by atoms with Gasteiger partial charge in [0.05, 0.1) is 11.4 Å². The van der Waals surface area contributed by atoms with Gasteiger partial charge in [0.25, 0.3) is 0 Å². The van der Waals surface area contributed by atoms with Gasteiger partial charge in [-0.15, -0.1) is 0 Å². The van der Waals surface area contributed by atoms with Crippen LogP contribution < -0.4 is 5.32 Å². The maximum atomic E-state index is 11.7. The Morgan fingerprint density at radius 1 is 1.48 bits per heavy atom. The summed E-state index contributed by atoms with van der Waals surface area (Å²) in [7, 11) is 1.85. The fourth-order valence-corrected chi connectivity index (χ4v) is 3.30. The minimum Gasteiger partial charge on any atom is -0.383 e. The lowest BCUT2D eigenvalue weighted by Crippen LogP contribution is -2.21. The van der Waals surface area contributed by atoms with E-state index in [2.05, 4.69) is 29.2 Å². The van der Waals surface area contributed by atoms with Crippen LogP contribution in [-0.4, -0.2) is 45.7 Å². The number of pyridine rings is 1. The third-order valence-corrected chi connectivity index (χ3v) is 4.48. The van der Waals surface area contributed by atoms with E-state index in [0.29, 0.717) is 17.5 Å². The highest BCUT2D eigenvalue weighted by Crippen LogP contribution is 2.30. The van der Waals surface area contributed by atoms with Crippen LogP contribution in [0.15, 0.2) is 6.07 Å². The van der Waals surface area contributed by atoms with E-state index in [4.69, 9.17) is 11.6 Å². The van der Waals surface area contributed by atoms with Crippen LogP contribution in [0.5, 0.6) is 0 Å². The van der Waals surface area contributed by atoms with Crippen LogP contribution in [0.25, 0.3) is 11.0 Å². The zero-order chi connectivity index (χ0) is 16.7. The fraction of sp³-hybridized carbons (Fsp3) is 0.562. The van der Waals surface area contributed by atoms with Crippen LogP contribution in [0, 0.1) is 12.8 Å². The first-order chi connectivity index (χ1) is 10.9. The summed E-state index contributed by atoms with van der Waals surface area (Å²) in [5, 5.41) is 8.49. The van der Waals surface area contributed by atoms with Gasteiger partial charge in [0, 0.05) is 44.6 Å². The van der Waals surface area contributed by atoms with Gasteiger partial charge in [-0.2, -0.15) is 5.10 Å². The molecule has 7 heteroatoms. The maximum absolute atomic E-state index is 11.7. The molecule has 1 N–H and O–H groups in total. The van der Waals surface area contributed by atoms with E-state index in [1.54, 1.807) is 4.90 Å². The van der Waals surface area contributed by atoms with Crippen molar-refractivity contribution in [1.29, 1.82) is 0 Å². The quantitative estimate of drug-likeness (QED) is 0.873. The number of anilines is 1. The van der Waals surface area contributed by atoms with Gasteiger partial charge in [-0.05, 0) is 20.8 Å². The SMILES string of the molecule is Cc1nn(C(C)C)c2c(NCC3CC(=O)N(C)C3)cc(Cl)nc12. The largest absolute Gasteiger partial charge is 0.383 e. The molecular weight excluding hydrogens is 314 g/mol. The number of carbonyl (C=O) groups excluding carboxylic acids is 1. The van der Waals surface area contributed by atoms with Crippen molar-refractivity contribution in [1.82, 2.24) is 19.7 Å². The van der Waals surface area contributed by atoms with E-state index in [-0.39, 0.29) is 11.9 Å². The van der Waals surface area contributed by atoms with Crippen molar-refractivity contribution in [2.75, 3.05) is 25.5 Å². The van der Waals surface area contributed by atoms with Crippen LogP contribution in [0.3, 0.4) is 0 Å². The third-order valence-electron chi connectivity index (χ3n) is 4.28. The number of aromatic nitrogens is 3. The van der Waals surface area contributed by atoms with Gasteiger partial charge in [-0.1, -0.05) is 11.6 Å². The Labute approximate surface area is 140 Å². The number of hydrogen-bond acceptors (Lipinski definition) is 4. The van der Waals surface area contributed by atoms with Crippen LogP contribution in [0.2, 0.25) is 5.15 Å². The summed E-state index contributed by atoms with van der Waals surface area (Å²) in [6.07, 6.45) is 0.591. The van der Waals surface area contributed by atoms with E-state index >= 15 is 0 Å². The Hall–Kier alpha value is -1.82. The number of hydrogen-bond donors (Lipinski definition) is 1. The fourth-order valence-electron chi connectivity index (χ4n) is 3.11. The lowest BCUT2D eigenvalue weighted by Gasteiger charge is -2.15. The predicted octanol–water partition coefficient (Wildman–Crippen LogP) is 2.86. The molecule has 0 bridgehead atoms. The van der Waals surface area contributed by atoms with Crippen LogP contribution in [0.1, 0.15) is 32.0 Å². The molecule has 0 saturated carbocycles. The molecule has 23 heavy (non-hydrogen) atoms. The number of nitrogens with zero attached hydrogens (tertiary/aromatic N) is 4. The van der Waals surface area contributed by atoms with E-state index in [0.717, 1.165) is 35.5 Å². The minimum atomic E-state index is 0.206. The Morgan fingerprint density at radius 2 is 2.22 bits per heavy atom. The lowest BCUT2D eigenvalue weighted by atomic mass is 10.1. The molecule has 0 radical (unpaired) electrons. The second-order valence-corrected chi connectivity index (χ2v) is 6.93. The normalized spacial score (nSPS) is 18.4. The molecule has 1 saturated heterocycles. The molecule has 0 aliphatic carbocycles. The lowest BCUT2D eigenvalue weighted by molar-refractivity contribution is -0.126. The monoisotopic (exact) mass is 335 g/mol. The Kier molecular flexibility index (Phi) is 4.19. The summed E-state index contributed by atoms with van der Waals surface area (Å²) in [4.78, 5) is 17.9. The molecule has 1 aliphatic heterocycles. The zero-order valence-corrected chi connectivity index (χ0v) is 14.7. The second-order valence-electron chi connectivity index (χ2n) is 6.54. The van der Waals surface area contributed by atoms with Crippen LogP contribution in [0.4, 0.5) is 5.69 Å². The average Bonchev–Trinajstić information content (AvgIpc) is 2.97. The Balaban J connectivity index is 1.92. The number of halogens is 1. The van der Waals surface area contributed by atoms with E-state index in [1.165, 1.54) is 0 Å². The van der Waals surface area contributed by atoms with Gasteiger partial charge in [-0.3, -0.25) is 9.48 Å². The molecular formula is C16H22ClN5O. The van der Waals surface area contributed by atoms with Crippen molar-refractivity contribution in [2.24, 2.45) is 5.92 Å². The zero-order valence-electron chi connectivity index (χ0n) is 13.9. The number of rotatable bonds is 4. The molecule has 1 unspecified atom stereocenters. The molecule has 2 aromatic rings. The number of likely N-dealkylation sites (tertiary alicyclic amines) is 1. The van der Waals surface area contributed by atoms with E-state index in [1.807, 2.05) is 24.7 Å². The van der Waals surface area contributed by atoms with Gasteiger partial charge in [0.15, 0.2) is 0 Å². The topological polar surface area (TPSA) is 63.1 Å². The predicted molar refractivity (Wildman–Crippen MR) is 91.9 cm³/mol. The first-order valence-corrected chi connectivity index (χ1v) is 8.27. The summed E-state index contributed by atoms with van der Waals surface area (Å²) < 4.78 is 1.97. The van der Waals surface area contributed by atoms with E-state index < -0.39 is 0 Å². The van der Waals surface area contributed by atoms with Crippen molar-refractivity contribution in [2.45, 2.75) is 33.2 Å². The minimum absolute atomic E-state index is 0.206. The summed E-state index contributed by atoms with van der Waals surface area (Å²) in [5.41, 5.74) is 3.60. The summed E-state index contributed by atoms with van der Waals surface area (Å²) in [6, 6.07) is 2.07. The smallest absolute Gasteiger partial charge is 0.222 e. The van der Waals surface area contributed by atoms with Crippen molar-refractivity contribution in [3.63, 3.8) is 0 Å². The maximum Gasteiger partial charge on any atom is 0.222 e. The third kappa shape index (κ3) is 3.00. The molecule has 3 heterocycles. The van der Waals surface area contributed by atoms with Crippen molar-refractivity contribution in [3.8, 4) is 0 Å². The molecule has 3 rings (SSSR count). The van der Waals surface area contributed by atoms with Gasteiger partial charge in [0.1, 0.15) is 16.2 Å². The first kappa shape index (κ1) is 16.1. The summed E-state index contributed by atoms with van der Waals surface area (Å²) in [5.74, 6) is 0.517. The highest BCUT2D eigenvalue weighted by Gasteiger charge is 2.27. The number of amides is 1. The second kappa shape index (κ2) is 6.00. The summed E-state index contributed by atoms with van der Waals surface area (Å²) >= 11 is 6.18. The van der Waals surface area contributed by atoms with Crippen molar-refractivity contribution >= 4 is 34.2 Å². The molecule has 1 aliphatic rings. The number of nitrogens with one attached hydrogen (secondary N) is 1. The van der Waals surface area contributed by atoms with Crippen molar-refractivity contribution in [3.05, 3.63) is 16.9 Å². The van der Waals surface area contributed by atoms with Crippen LogP contribution >= 0.6 is 11.6 Å². The molecule has 2 aromatic heterocycles. The van der Waals surface area contributed by atoms with Gasteiger partial charge in [0.2, 0.25) is 5.91 Å². The van der Waals surface area contributed by atoms with Crippen molar-refractivity contribution < 1.29 is 4.79 Å². The molecule has 1 atom stereocenters. The Morgan fingerprint density at radius 3 is 2.83 bits per heavy atom. The summed E-state index contributed by atoms with van der Waals surface area (Å²) in [6.45, 7) is 7.65. The van der Waals surface area contributed by atoms with Gasteiger partial charge < -0.3 is 10.2 Å². The molecule has 1 fully saturated rings. The van der Waals surface area contributed by atoms with Gasteiger partial charge in [-0.25, -0.2) is 4.98 Å². The highest BCUT2D eigenvalue weighted by atomic mass is 35.5. The highest BCUT2D eigenvalue weighted by molar-refractivity contribution is 6.30. The number of carbonyl (C=O) groups is 1. The Bertz CT molecular complexity index is 754. The van der Waals surface area contributed by atoms with Gasteiger partial charge >= 0.3 is 0 Å². The number of aryl methyl sites for hydroxylation is 1. The van der Waals surface area contributed by atoms with E-state index in [9.17, 15) is 4.79 Å². The average molecular weight is 336 g/mol. The first-order valence-electron chi connectivity index (χ1n) is 7.90.